The van der Waals surface area contributed by atoms with Gasteiger partial charge in [-0.3, -0.25) is 0 Å². The second kappa shape index (κ2) is 2.58. The SMILES string of the molecule is Cc1ccnc2c1ccn2C(=O)O. The quantitative estimate of drug-likeness (QED) is 0.666. The Morgan fingerprint density at radius 3 is 3.00 bits per heavy atom. The molecule has 0 aliphatic carbocycles. The molecule has 2 rings (SSSR count). The molecule has 0 atom stereocenters. The standard InChI is InChI=1S/C9H8N2O2/c1-6-2-4-10-8-7(6)3-5-11(8)9(12)13/h2-5H,1H3,(H,12,13). The van der Waals surface area contributed by atoms with Crippen LogP contribution in [-0.2, 0) is 0 Å². The first-order valence-electron chi connectivity index (χ1n) is 3.86. The van der Waals surface area contributed by atoms with Gasteiger partial charge in [0, 0.05) is 17.8 Å². The van der Waals surface area contributed by atoms with Crippen molar-refractivity contribution in [1.29, 1.82) is 0 Å². The molecule has 0 bridgehead atoms. The van der Waals surface area contributed by atoms with Gasteiger partial charge in [-0.25, -0.2) is 14.3 Å². The number of hydrogen-bond acceptors (Lipinski definition) is 2. The summed E-state index contributed by atoms with van der Waals surface area (Å²) in [5.74, 6) is 0. The van der Waals surface area contributed by atoms with E-state index in [1.54, 1.807) is 12.3 Å². The van der Waals surface area contributed by atoms with Crippen LogP contribution in [0, 0.1) is 6.92 Å². The fraction of sp³-hybridized carbons (Fsp3) is 0.111. The summed E-state index contributed by atoms with van der Waals surface area (Å²) in [6, 6.07) is 3.61. The highest BCUT2D eigenvalue weighted by Crippen LogP contribution is 2.16. The van der Waals surface area contributed by atoms with Crippen molar-refractivity contribution >= 4 is 17.1 Å². The van der Waals surface area contributed by atoms with Crippen LogP contribution >= 0.6 is 0 Å². The summed E-state index contributed by atoms with van der Waals surface area (Å²) in [6.45, 7) is 1.93. The summed E-state index contributed by atoms with van der Waals surface area (Å²) in [5.41, 5.74) is 1.53. The number of aromatic nitrogens is 2. The summed E-state index contributed by atoms with van der Waals surface area (Å²) < 4.78 is 1.11. The first-order chi connectivity index (χ1) is 6.20. The molecule has 0 saturated carbocycles. The molecular formula is C9H8N2O2. The molecule has 0 radical (unpaired) electrons. The van der Waals surface area contributed by atoms with Gasteiger partial charge < -0.3 is 5.11 Å². The molecule has 0 unspecified atom stereocenters. The van der Waals surface area contributed by atoms with Crippen LogP contribution in [0.5, 0.6) is 0 Å². The molecule has 2 aromatic rings. The summed E-state index contributed by atoms with van der Waals surface area (Å²) in [4.78, 5) is 14.7. The van der Waals surface area contributed by atoms with Crippen molar-refractivity contribution in [2.75, 3.05) is 0 Å². The van der Waals surface area contributed by atoms with Gasteiger partial charge in [0.15, 0.2) is 0 Å². The third-order valence-corrected chi connectivity index (χ3v) is 2.01. The van der Waals surface area contributed by atoms with Crippen LogP contribution in [-0.4, -0.2) is 20.8 Å². The van der Waals surface area contributed by atoms with Gasteiger partial charge >= 0.3 is 6.09 Å². The van der Waals surface area contributed by atoms with Crippen molar-refractivity contribution in [3.05, 3.63) is 30.1 Å². The van der Waals surface area contributed by atoms with Gasteiger partial charge in [0.25, 0.3) is 0 Å². The average Bonchev–Trinajstić information content (AvgIpc) is 2.48. The van der Waals surface area contributed by atoms with Crippen LogP contribution in [0.15, 0.2) is 24.5 Å². The van der Waals surface area contributed by atoms with E-state index in [1.807, 2.05) is 13.0 Å². The maximum Gasteiger partial charge on any atom is 0.417 e. The highest BCUT2D eigenvalue weighted by Gasteiger charge is 2.08. The molecular weight excluding hydrogens is 168 g/mol. The molecule has 13 heavy (non-hydrogen) atoms. The first-order valence-corrected chi connectivity index (χ1v) is 3.86. The Kier molecular flexibility index (Phi) is 1.55. The van der Waals surface area contributed by atoms with Gasteiger partial charge in [-0.2, -0.15) is 0 Å². The molecule has 4 nitrogen and oxygen atoms in total. The number of pyridine rings is 1. The van der Waals surface area contributed by atoms with Gasteiger partial charge in [-0.05, 0) is 24.6 Å². The molecule has 66 valence electrons. The number of rotatable bonds is 0. The minimum Gasteiger partial charge on any atom is -0.464 e. The lowest BCUT2D eigenvalue weighted by atomic mass is 10.2. The summed E-state index contributed by atoms with van der Waals surface area (Å²) >= 11 is 0. The molecule has 0 spiro atoms. The molecule has 0 fully saturated rings. The largest absolute Gasteiger partial charge is 0.464 e. The number of carbonyl (C=O) groups is 1. The zero-order valence-electron chi connectivity index (χ0n) is 7.06. The van der Waals surface area contributed by atoms with Crippen molar-refractivity contribution in [2.45, 2.75) is 6.92 Å². The molecule has 0 saturated heterocycles. The second-order valence-corrected chi connectivity index (χ2v) is 2.83. The Bertz CT molecular complexity index is 473. The van der Waals surface area contributed by atoms with Crippen molar-refractivity contribution in [3.8, 4) is 0 Å². The van der Waals surface area contributed by atoms with Crippen LogP contribution in [0.4, 0.5) is 4.79 Å². The van der Waals surface area contributed by atoms with Crippen molar-refractivity contribution < 1.29 is 9.90 Å². The fourth-order valence-corrected chi connectivity index (χ4v) is 1.33. The van der Waals surface area contributed by atoms with Crippen LogP contribution < -0.4 is 0 Å². The monoisotopic (exact) mass is 176 g/mol. The molecule has 0 aromatic carbocycles. The third kappa shape index (κ3) is 1.07. The molecule has 0 aliphatic rings. The lowest BCUT2D eigenvalue weighted by Gasteiger charge is -1.97. The Hall–Kier alpha value is -1.84. The van der Waals surface area contributed by atoms with Gasteiger partial charge in [0.2, 0.25) is 0 Å². The lowest BCUT2D eigenvalue weighted by molar-refractivity contribution is 0.197. The third-order valence-electron chi connectivity index (χ3n) is 2.01. The highest BCUT2D eigenvalue weighted by molar-refractivity contribution is 5.87. The first kappa shape index (κ1) is 7.79. The van der Waals surface area contributed by atoms with E-state index >= 15 is 0 Å². The van der Waals surface area contributed by atoms with Crippen molar-refractivity contribution in [3.63, 3.8) is 0 Å². The molecule has 0 amide bonds. The molecule has 1 N–H and O–H groups in total. The van der Waals surface area contributed by atoms with E-state index in [0.717, 1.165) is 15.5 Å². The summed E-state index contributed by atoms with van der Waals surface area (Å²) in [6.07, 6.45) is 2.11. The van der Waals surface area contributed by atoms with Gasteiger partial charge in [0.1, 0.15) is 5.65 Å². The maximum absolute atomic E-state index is 10.7. The average molecular weight is 176 g/mol. The number of nitrogens with zero attached hydrogens (tertiary/aromatic N) is 2. The van der Waals surface area contributed by atoms with Crippen LogP contribution in [0.3, 0.4) is 0 Å². The highest BCUT2D eigenvalue weighted by atomic mass is 16.4. The molecule has 2 aromatic heterocycles. The van der Waals surface area contributed by atoms with Crippen molar-refractivity contribution in [2.24, 2.45) is 0 Å². The van der Waals surface area contributed by atoms with E-state index in [1.165, 1.54) is 6.20 Å². The van der Waals surface area contributed by atoms with E-state index in [2.05, 4.69) is 4.98 Å². The number of fused-ring (bicyclic) bond motifs is 1. The van der Waals surface area contributed by atoms with Crippen LogP contribution in [0.25, 0.3) is 11.0 Å². The topological polar surface area (TPSA) is 55.1 Å². The van der Waals surface area contributed by atoms with E-state index in [0.29, 0.717) is 5.65 Å². The minimum atomic E-state index is -1.01. The maximum atomic E-state index is 10.7. The normalized spacial score (nSPS) is 10.5. The Morgan fingerprint density at radius 1 is 1.54 bits per heavy atom. The van der Waals surface area contributed by atoms with E-state index < -0.39 is 6.09 Å². The molecule has 4 heteroatoms. The van der Waals surface area contributed by atoms with E-state index in [9.17, 15) is 4.79 Å². The summed E-state index contributed by atoms with van der Waals surface area (Å²) in [5, 5.41) is 9.67. The number of aryl methyl sites for hydroxylation is 1. The van der Waals surface area contributed by atoms with E-state index in [-0.39, 0.29) is 0 Å². The Labute approximate surface area is 74.4 Å². The number of carboxylic acid groups (broad SMARTS) is 1. The number of hydrogen-bond donors (Lipinski definition) is 1. The predicted octanol–water partition coefficient (Wildman–Crippen LogP) is 1.87. The summed E-state index contributed by atoms with van der Waals surface area (Å²) in [7, 11) is 0. The van der Waals surface area contributed by atoms with Crippen LogP contribution in [0.2, 0.25) is 0 Å². The zero-order chi connectivity index (χ0) is 9.42. The molecule has 0 aliphatic heterocycles. The zero-order valence-corrected chi connectivity index (χ0v) is 7.06. The van der Waals surface area contributed by atoms with Gasteiger partial charge in [-0.1, -0.05) is 0 Å². The van der Waals surface area contributed by atoms with Crippen molar-refractivity contribution in [1.82, 2.24) is 9.55 Å². The lowest BCUT2D eigenvalue weighted by Crippen LogP contribution is -2.06. The second-order valence-electron chi connectivity index (χ2n) is 2.83. The van der Waals surface area contributed by atoms with Gasteiger partial charge in [0.05, 0.1) is 0 Å². The minimum absolute atomic E-state index is 0.493. The Morgan fingerprint density at radius 2 is 2.31 bits per heavy atom. The van der Waals surface area contributed by atoms with Gasteiger partial charge in [-0.15, -0.1) is 0 Å². The van der Waals surface area contributed by atoms with Crippen LogP contribution in [0.1, 0.15) is 5.56 Å². The smallest absolute Gasteiger partial charge is 0.417 e. The molecule has 2 heterocycles. The predicted molar refractivity (Wildman–Crippen MR) is 47.9 cm³/mol. The van der Waals surface area contributed by atoms with E-state index in [4.69, 9.17) is 5.11 Å². The Balaban J connectivity index is 2.83. The fourth-order valence-electron chi connectivity index (χ4n) is 1.33.